The van der Waals surface area contributed by atoms with Gasteiger partial charge >= 0.3 is 11.9 Å². The van der Waals surface area contributed by atoms with Gasteiger partial charge in [0.15, 0.2) is 12.4 Å². The van der Waals surface area contributed by atoms with Crippen molar-refractivity contribution < 1.29 is 56.8 Å². The predicted octanol–water partition coefficient (Wildman–Crippen LogP) is 10.4. The Bertz CT molecular complexity index is 1220. The molecule has 1 rings (SSSR count). The highest BCUT2D eigenvalue weighted by atomic mass is 32.2. The van der Waals surface area contributed by atoms with Gasteiger partial charge in [-0.25, -0.2) is 4.79 Å². The molecule has 0 spiro atoms. The minimum Gasteiger partial charge on any atom is -0.462 e. The molecule has 358 valence electrons. The molecule has 61 heavy (non-hydrogen) atoms. The van der Waals surface area contributed by atoms with Crippen molar-refractivity contribution in [1.29, 1.82) is 0 Å². The third kappa shape index (κ3) is 33.3. The monoisotopic (exact) mass is 889 g/mol. The number of carbonyl (C=O) groups is 2. The van der Waals surface area contributed by atoms with E-state index in [0.29, 0.717) is 6.42 Å². The summed E-state index contributed by atoms with van der Waals surface area (Å²) in [6.07, 6.45) is 34.3. The van der Waals surface area contributed by atoms with Gasteiger partial charge in [0.2, 0.25) is 0 Å². The topological polar surface area (TPSA) is 186 Å². The number of esters is 2. The molecule has 12 nitrogen and oxygen atoms in total. The molecular formula is C48H88O12S. The van der Waals surface area contributed by atoms with Crippen molar-refractivity contribution in [3.05, 3.63) is 24.3 Å². The first-order chi connectivity index (χ1) is 29.5. The van der Waals surface area contributed by atoms with Crippen LogP contribution in [0, 0.1) is 0 Å². The van der Waals surface area contributed by atoms with Gasteiger partial charge in [-0.15, -0.1) is 0 Å². The summed E-state index contributed by atoms with van der Waals surface area (Å²) in [5.74, 6) is -2.23. The number of hydrogen-bond donors (Lipinski definition) is 4. The fraction of sp³-hybridized carbons (Fsp3) is 0.875. The quantitative estimate of drug-likeness (QED) is 0.0150. The molecule has 0 amide bonds. The summed E-state index contributed by atoms with van der Waals surface area (Å²) in [6, 6.07) is 0. The zero-order valence-corrected chi connectivity index (χ0v) is 39.1. The molecule has 0 aromatic heterocycles. The number of rotatable bonds is 41. The van der Waals surface area contributed by atoms with Crippen LogP contribution in [0.5, 0.6) is 0 Å². The second-order valence-electron chi connectivity index (χ2n) is 17.2. The highest BCUT2D eigenvalue weighted by Gasteiger charge is 2.46. The normalized spacial score (nSPS) is 20.1. The molecule has 13 heteroatoms. The van der Waals surface area contributed by atoms with Gasteiger partial charge in [0.05, 0.1) is 6.61 Å². The molecule has 1 fully saturated rings. The first-order valence-corrected chi connectivity index (χ1v) is 26.0. The lowest BCUT2D eigenvalue weighted by Gasteiger charge is -2.40. The second kappa shape index (κ2) is 38.6. The van der Waals surface area contributed by atoms with E-state index in [4.69, 9.17) is 18.9 Å². The summed E-state index contributed by atoms with van der Waals surface area (Å²) in [4.78, 5) is 25.3. The van der Waals surface area contributed by atoms with Crippen LogP contribution in [0.1, 0.15) is 213 Å². The standard InChI is InChI=1S/C48H88O12S/c1-3-5-7-9-11-13-15-17-19-20-21-23-24-26-28-30-32-34-36-43(49)57-38-41(39-58-48-47(53)46(52)45(51)42(60-48)40-61(54,55)56)59-44(50)37-35-33-31-29-27-25-22-18-16-14-12-10-8-6-4-2/h31,33,35,37,41-42,45-48,51-53H,3-30,32,34,36,38-40H2,1-2H3,(H,54,55,56)/b33-31+,37-35+/t41-,42-,45-,46?,47?,48+/m1/s1. The van der Waals surface area contributed by atoms with Crippen molar-refractivity contribution in [1.82, 2.24) is 0 Å². The van der Waals surface area contributed by atoms with E-state index in [-0.39, 0.29) is 13.0 Å². The summed E-state index contributed by atoms with van der Waals surface area (Å²) in [6.45, 7) is 3.69. The third-order valence-electron chi connectivity index (χ3n) is 11.4. The van der Waals surface area contributed by atoms with Crippen molar-refractivity contribution in [3.63, 3.8) is 0 Å². The maximum atomic E-state index is 12.7. The number of allylic oxidation sites excluding steroid dienone is 3. The number of ether oxygens (including phenoxy) is 4. The molecule has 0 bridgehead atoms. The average Bonchev–Trinajstić information content (AvgIpc) is 3.22. The molecule has 0 radical (unpaired) electrons. The van der Waals surface area contributed by atoms with Gasteiger partial charge in [0.25, 0.3) is 10.1 Å². The van der Waals surface area contributed by atoms with Crippen LogP contribution in [-0.4, -0.2) is 96.0 Å². The summed E-state index contributed by atoms with van der Waals surface area (Å²) in [5, 5.41) is 30.9. The molecule has 1 saturated heterocycles. The maximum absolute atomic E-state index is 12.7. The Labute approximate surface area is 370 Å². The van der Waals surface area contributed by atoms with Gasteiger partial charge in [0.1, 0.15) is 36.8 Å². The molecule has 1 aliphatic rings. The van der Waals surface area contributed by atoms with E-state index in [1.54, 1.807) is 12.2 Å². The lowest BCUT2D eigenvalue weighted by atomic mass is 10.00. The number of hydrogen-bond acceptors (Lipinski definition) is 11. The van der Waals surface area contributed by atoms with Crippen LogP contribution in [0.25, 0.3) is 0 Å². The van der Waals surface area contributed by atoms with Crippen LogP contribution < -0.4 is 0 Å². The Kier molecular flexibility index (Phi) is 36.1. The fourth-order valence-electron chi connectivity index (χ4n) is 7.59. The lowest BCUT2D eigenvalue weighted by Crippen LogP contribution is -2.60. The number of carbonyl (C=O) groups excluding carboxylic acids is 2. The van der Waals surface area contributed by atoms with Gasteiger partial charge < -0.3 is 34.3 Å². The van der Waals surface area contributed by atoms with E-state index >= 15 is 0 Å². The average molecular weight is 889 g/mol. The zero-order valence-electron chi connectivity index (χ0n) is 38.3. The number of aliphatic hydroxyl groups is 3. The van der Waals surface area contributed by atoms with Gasteiger partial charge in [0, 0.05) is 12.5 Å². The molecule has 1 heterocycles. The molecule has 0 aliphatic carbocycles. The molecule has 0 saturated carbocycles. The smallest absolute Gasteiger partial charge is 0.331 e. The van der Waals surface area contributed by atoms with Gasteiger partial charge in [-0.05, 0) is 19.3 Å². The Hall–Kier alpha value is -1.87. The Morgan fingerprint density at radius 2 is 1.03 bits per heavy atom. The van der Waals surface area contributed by atoms with Crippen LogP contribution >= 0.6 is 0 Å². The zero-order chi connectivity index (χ0) is 44.8. The van der Waals surface area contributed by atoms with Gasteiger partial charge in [-0.1, -0.05) is 205 Å². The number of unbranched alkanes of at least 4 members (excludes halogenated alkanes) is 28. The lowest BCUT2D eigenvalue weighted by molar-refractivity contribution is -0.297. The molecular weight excluding hydrogens is 801 g/mol. The third-order valence-corrected chi connectivity index (χ3v) is 12.1. The highest BCUT2D eigenvalue weighted by Crippen LogP contribution is 2.24. The summed E-state index contributed by atoms with van der Waals surface area (Å²) < 4.78 is 53.9. The molecule has 6 atom stereocenters. The predicted molar refractivity (Wildman–Crippen MR) is 243 cm³/mol. The molecule has 0 aromatic rings. The van der Waals surface area contributed by atoms with Crippen molar-refractivity contribution in [2.24, 2.45) is 0 Å². The summed E-state index contributed by atoms with van der Waals surface area (Å²) >= 11 is 0. The minimum atomic E-state index is -4.61. The molecule has 4 N–H and O–H groups in total. The van der Waals surface area contributed by atoms with Crippen molar-refractivity contribution >= 4 is 22.1 Å². The molecule has 0 aromatic carbocycles. The van der Waals surface area contributed by atoms with E-state index < -0.39 is 71.2 Å². The van der Waals surface area contributed by atoms with Crippen LogP contribution in [0.2, 0.25) is 0 Å². The van der Waals surface area contributed by atoms with E-state index in [1.165, 1.54) is 154 Å². The Balaban J connectivity index is 2.43. The first-order valence-electron chi connectivity index (χ1n) is 24.4. The first kappa shape index (κ1) is 57.1. The van der Waals surface area contributed by atoms with E-state index in [2.05, 4.69) is 13.8 Å². The largest absolute Gasteiger partial charge is 0.462 e. The summed E-state index contributed by atoms with van der Waals surface area (Å²) in [5.41, 5.74) is 0. The van der Waals surface area contributed by atoms with E-state index in [0.717, 1.165) is 38.5 Å². The highest BCUT2D eigenvalue weighted by molar-refractivity contribution is 7.85. The van der Waals surface area contributed by atoms with E-state index in [1.807, 2.05) is 6.08 Å². The number of aliphatic hydroxyl groups excluding tert-OH is 3. The Morgan fingerprint density at radius 1 is 0.590 bits per heavy atom. The van der Waals surface area contributed by atoms with Gasteiger partial charge in [-0.2, -0.15) is 8.42 Å². The van der Waals surface area contributed by atoms with Gasteiger partial charge in [-0.3, -0.25) is 9.35 Å². The van der Waals surface area contributed by atoms with Crippen molar-refractivity contribution in [2.75, 3.05) is 19.0 Å². The molecule has 1 aliphatic heterocycles. The second-order valence-corrected chi connectivity index (χ2v) is 18.7. The van der Waals surface area contributed by atoms with Crippen LogP contribution in [0.4, 0.5) is 0 Å². The van der Waals surface area contributed by atoms with Crippen LogP contribution in [0.3, 0.4) is 0 Å². The summed E-state index contributed by atoms with van der Waals surface area (Å²) in [7, 11) is -4.61. The Morgan fingerprint density at radius 3 is 1.49 bits per heavy atom. The maximum Gasteiger partial charge on any atom is 0.331 e. The van der Waals surface area contributed by atoms with Crippen LogP contribution in [-0.2, 0) is 38.7 Å². The van der Waals surface area contributed by atoms with Crippen LogP contribution in [0.15, 0.2) is 24.3 Å². The van der Waals surface area contributed by atoms with Crippen molar-refractivity contribution in [2.45, 2.75) is 250 Å². The SMILES string of the molecule is CCCCCCCCCCCCC/C=C/C=C/C(=O)O[C@H](COC(=O)CCCCCCCCCCCCCCCCCCCC)CO[C@H]1O[C@H](CS(=O)(=O)O)[C@@H](O)C(O)C1O. The molecule has 2 unspecified atom stereocenters. The van der Waals surface area contributed by atoms with E-state index in [9.17, 15) is 37.9 Å². The minimum absolute atomic E-state index is 0.204. The fourth-order valence-corrected chi connectivity index (χ4v) is 8.28. The van der Waals surface area contributed by atoms with Crippen molar-refractivity contribution in [3.8, 4) is 0 Å².